The van der Waals surface area contributed by atoms with Crippen LogP contribution in [0.2, 0.25) is 0 Å². The average Bonchev–Trinajstić information content (AvgIpc) is 3.01. The molecule has 3 aliphatic rings. The van der Waals surface area contributed by atoms with Crippen LogP contribution in [0.4, 0.5) is 0 Å². The van der Waals surface area contributed by atoms with E-state index in [0.29, 0.717) is 17.2 Å². The Kier molecular flexibility index (Phi) is 3.10. The molecule has 1 saturated carbocycles. The number of hydrogen-bond donors (Lipinski definition) is 1. The van der Waals surface area contributed by atoms with Crippen LogP contribution in [0.15, 0.2) is 0 Å². The maximum atomic E-state index is 12.6. The Balaban J connectivity index is 1.62. The van der Waals surface area contributed by atoms with Gasteiger partial charge in [-0.25, -0.2) is 0 Å². The van der Waals surface area contributed by atoms with E-state index in [9.17, 15) is 4.79 Å². The van der Waals surface area contributed by atoms with E-state index >= 15 is 0 Å². The first-order valence-electron chi connectivity index (χ1n) is 7.26. The van der Waals surface area contributed by atoms with Gasteiger partial charge in [-0.3, -0.25) is 4.79 Å². The third-order valence-electron chi connectivity index (χ3n) is 4.82. The first-order valence-corrected chi connectivity index (χ1v) is 7.26. The van der Waals surface area contributed by atoms with Gasteiger partial charge in [0.1, 0.15) is 0 Å². The van der Waals surface area contributed by atoms with Gasteiger partial charge in [0.15, 0.2) is 0 Å². The van der Waals surface area contributed by atoms with Crippen LogP contribution in [0.3, 0.4) is 0 Å². The summed E-state index contributed by atoms with van der Waals surface area (Å²) in [5.74, 6) is 0.691. The van der Waals surface area contributed by atoms with Crippen LogP contribution >= 0.6 is 0 Å². The molecular formula is C14H24N2O2. The lowest BCUT2D eigenvalue weighted by Gasteiger charge is -2.36. The molecule has 4 heteroatoms. The fourth-order valence-electron chi connectivity index (χ4n) is 3.75. The van der Waals surface area contributed by atoms with Crippen LogP contribution in [0.1, 0.15) is 33.1 Å². The lowest BCUT2D eigenvalue weighted by Crippen LogP contribution is -2.49. The van der Waals surface area contributed by atoms with E-state index in [1.807, 2.05) is 4.90 Å². The fourth-order valence-corrected chi connectivity index (χ4v) is 3.75. The van der Waals surface area contributed by atoms with E-state index in [1.54, 1.807) is 0 Å². The van der Waals surface area contributed by atoms with Crippen LogP contribution in [0.5, 0.6) is 0 Å². The molecule has 1 N–H and O–H groups in total. The lowest BCUT2D eigenvalue weighted by atomic mass is 9.91. The molecule has 3 atom stereocenters. The molecule has 1 unspecified atom stereocenters. The summed E-state index contributed by atoms with van der Waals surface area (Å²) in [6.45, 7) is 7.83. The van der Waals surface area contributed by atoms with Gasteiger partial charge in [0.2, 0.25) is 5.91 Å². The number of piperidine rings is 1. The molecule has 3 fully saturated rings. The van der Waals surface area contributed by atoms with Gasteiger partial charge < -0.3 is 15.0 Å². The Morgan fingerprint density at radius 1 is 1.22 bits per heavy atom. The molecule has 0 aromatic carbocycles. The molecule has 0 aromatic rings. The Hall–Kier alpha value is -0.610. The molecule has 1 spiro atoms. The SMILES string of the molecule is C[C@@H]1CN(C(=O)C2CC23CCNCC3)C[C@H](C)O1. The van der Waals surface area contributed by atoms with E-state index in [2.05, 4.69) is 19.2 Å². The van der Waals surface area contributed by atoms with Crippen LogP contribution in [-0.2, 0) is 9.53 Å². The van der Waals surface area contributed by atoms with Crippen molar-refractivity contribution in [3.63, 3.8) is 0 Å². The molecule has 0 aromatic heterocycles. The highest BCUT2D eigenvalue weighted by molar-refractivity contribution is 5.83. The molecule has 102 valence electrons. The molecule has 2 aliphatic heterocycles. The van der Waals surface area contributed by atoms with E-state index < -0.39 is 0 Å². The van der Waals surface area contributed by atoms with Gasteiger partial charge in [-0.2, -0.15) is 0 Å². The molecule has 18 heavy (non-hydrogen) atoms. The number of carbonyl (C=O) groups excluding carboxylic acids is 1. The Bertz CT molecular complexity index is 329. The van der Waals surface area contributed by atoms with Crippen LogP contribution in [-0.4, -0.2) is 49.2 Å². The Morgan fingerprint density at radius 2 is 1.83 bits per heavy atom. The molecule has 2 saturated heterocycles. The molecule has 4 nitrogen and oxygen atoms in total. The van der Waals surface area contributed by atoms with Gasteiger partial charge >= 0.3 is 0 Å². The zero-order chi connectivity index (χ0) is 12.8. The number of morpholine rings is 1. The summed E-state index contributed by atoms with van der Waals surface area (Å²) in [4.78, 5) is 14.6. The van der Waals surface area contributed by atoms with Crippen molar-refractivity contribution in [3.05, 3.63) is 0 Å². The second-order valence-electron chi connectivity index (χ2n) is 6.37. The maximum absolute atomic E-state index is 12.6. The van der Waals surface area contributed by atoms with Crippen LogP contribution in [0.25, 0.3) is 0 Å². The quantitative estimate of drug-likeness (QED) is 0.757. The van der Waals surface area contributed by atoms with E-state index in [4.69, 9.17) is 4.74 Å². The second kappa shape index (κ2) is 4.49. The molecular weight excluding hydrogens is 228 g/mol. The van der Waals surface area contributed by atoms with Gasteiger partial charge in [-0.15, -0.1) is 0 Å². The van der Waals surface area contributed by atoms with Crippen molar-refractivity contribution in [1.82, 2.24) is 10.2 Å². The first-order chi connectivity index (χ1) is 8.61. The zero-order valence-electron chi connectivity index (χ0n) is 11.4. The highest BCUT2D eigenvalue weighted by Crippen LogP contribution is 2.59. The highest BCUT2D eigenvalue weighted by atomic mass is 16.5. The predicted octanol–water partition coefficient (Wildman–Crippen LogP) is 1.01. The summed E-state index contributed by atoms with van der Waals surface area (Å²) >= 11 is 0. The summed E-state index contributed by atoms with van der Waals surface area (Å²) in [6.07, 6.45) is 3.84. The molecule has 0 radical (unpaired) electrons. The standard InChI is InChI=1S/C14H24N2O2/c1-10-8-16(9-11(2)18-10)13(17)12-7-14(12)3-5-15-6-4-14/h10-12,15H,3-9H2,1-2H3/t10-,11+,12?. The number of hydrogen-bond acceptors (Lipinski definition) is 3. The van der Waals surface area contributed by atoms with Crippen LogP contribution in [0, 0.1) is 11.3 Å². The number of nitrogens with one attached hydrogen (secondary N) is 1. The highest BCUT2D eigenvalue weighted by Gasteiger charge is 2.58. The normalized spacial score (nSPS) is 38.8. The van der Waals surface area contributed by atoms with Crippen molar-refractivity contribution in [3.8, 4) is 0 Å². The Labute approximate surface area is 109 Å². The van der Waals surface area contributed by atoms with Crippen molar-refractivity contribution >= 4 is 5.91 Å². The largest absolute Gasteiger partial charge is 0.372 e. The summed E-state index contributed by atoms with van der Waals surface area (Å²) in [7, 11) is 0. The Morgan fingerprint density at radius 3 is 2.44 bits per heavy atom. The minimum atomic E-state index is 0.181. The average molecular weight is 252 g/mol. The minimum Gasteiger partial charge on any atom is -0.372 e. The molecule has 0 bridgehead atoms. The number of nitrogens with zero attached hydrogens (tertiary/aromatic N) is 1. The van der Waals surface area contributed by atoms with Crippen molar-refractivity contribution in [1.29, 1.82) is 0 Å². The molecule has 2 heterocycles. The van der Waals surface area contributed by atoms with Crippen LogP contribution < -0.4 is 5.32 Å². The maximum Gasteiger partial charge on any atom is 0.226 e. The summed E-state index contributed by atoms with van der Waals surface area (Å²) < 4.78 is 5.70. The second-order valence-corrected chi connectivity index (χ2v) is 6.37. The van der Waals surface area contributed by atoms with Gasteiger partial charge in [0, 0.05) is 19.0 Å². The van der Waals surface area contributed by atoms with Gasteiger partial charge in [0.05, 0.1) is 12.2 Å². The number of ether oxygens (including phenoxy) is 1. The van der Waals surface area contributed by atoms with Crippen molar-refractivity contribution < 1.29 is 9.53 Å². The minimum absolute atomic E-state index is 0.181. The summed E-state index contributed by atoms with van der Waals surface area (Å²) in [5.41, 5.74) is 0.354. The van der Waals surface area contributed by atoms with E-state index in [1.165, 1.54) is 12.8 Å². The van der Waals surface area contributed by atoms with Gasteiger partial charge in [-0.1, -0.05) is 0 Å². The zero-order valence-corrected chi connectivity index (χ0v) is 11.4. The lowest BCUT2D eigenvalue weighted by molar-refractivity contribution is -0.145. The smallest absolute Gasteiger partial charge is 0.226 e. The van der Waals surface area contributed by atoms with Gasteiger partial charge in [0.25, 0.3) is 0 Å². The predicted molar refractivity (Wildman–Crippen MR) is 69.2 cm³/mol. The van der Waals surface area contributed by atoms with Crippen molar-refractivity contribution in [2.75, 3.05) is 26.2 Å². The van der Waals surface area contributed by atoms with Crippen molar-refractivity contribution in [2.24, 2.45) is 11.3 Å². The first kappa shape index (κ1) is 12.4. The third-order valence-corrected chi connectivity index (χ3v) is 4.82. The van der Waals surface area contributed by atoms with E-state index in [-0.39, 0.29) is 12.2 Å². The van der Waals surface area contributed by atoms with E-state index in [0.717, 1.165) is 32.6 Å². The van der Waals surface area contributed by atoms with Crippen molar-refractivity contribution in [2.45, 2.75) is 45.3 Å². The molecule has 1 amide bonds. The summed E-state index contributed by atoms with van der Waals surface area (Å²) in [5, 5.41) is 3.39. The monoisotopic (exact) mass is 252 g/mol. The number of carbonyl (C=O) groups is 1. The fraction of sp³-hybridized carbons (Fsp3) is 0.929. The number of rotatable bonds is 1. The number of amides is 1. The molecule has 3 rings (SSSR count). The third kappa shape index (κ3) is 2.16. The van der Waals surface area contributed by atoms with Gasteiger partial charge in [-0.05, 0) is 51.6 Å². The topological polar surface area (TPSA) is 41.6 Å². The molecule has 1 aliphatic carbocycles. The summed E-state index contributed by atoms with van der Waals surface area (Å²) in [6, 6.07) is 0.